The highest BCUT2D eigenvalue weighted by atomic mass is 16.5. The van der Waals surface area contributed by atoms with Crippen LogP contribution in [0.1, 0.15) is 157 Å². The number of hydrogen-bond acceptors (Lipinski definition) is 8. The van der Waals surface area contributed by atoms with E-state index in [1.807, 2.05) is 0 Å². The summed E-state index contributed by atoms with van der Waals surface area (Å²) in [6.07, 6.45) is 14.9. The summed E-state index contributed by atoms with van der Waals surface area (Å²) in [5.74, 6) is 5.62. The molecule has 0 amide bonds. The van der Waals surface area contributed by atoms with Crippen molar-refractivity contribution in [1.82, 2.24) is 4.90 Å². The van der Waals surface area contributed by atoms with E-state index in [2.05, 4.69) is 46.4 Å². The number of esters is 1. The standard InChI is InChI=1S/C51H81NO7/c1-27-7-13-44-51(6,58)37-10-9-32-33(35(37)26-52(44)25-27)22-39-34(32)23-42(54)40-21-31(16-18-49(39,40)4)59-46(57)14-8-28(2)36-11-12-38-47-41(24-45(56)50(36,38)5)48(3)17-15-30(53)19-29(48)20-43(47)55/h27-41,43-45,47,53,55-56,58H,7-26H2,1-6H3/t27-,28+,29-,30+,31-,32+,33+,34-,35-,36+,37-,38-,39-,40+,41-,43+,44-,45-,47-,48-,49+,50+,51-/m0/s1. The Balaban J connectivity index is 0.759. The van der Waals surface area contributed by atoms with Crippen LogP contribution < -0.4 is 0 Å². The minimum absolute atomic E-state index is 0.0368. The Bertz CT molecular complexity index is 1630. The Kier molecular flexibility index (Phi) is 10.5. The number of piperidine rings is 2. The number of ether oxygens (including phenoxy) is 1. The second-order valence-corrected chi connectivity index (χ2v) is 24.7. The second kappa shape index (κ2) is 14.7. The van der Waals surface area contributed by atoms with E-state index in [0.717, 1.165) is 96.6 Å². The van der Waals surface area contributed by atoms with Crippen molar-refractivity contribution in [2.45, 2.75) is 193 Å². The highest BCUT2D eigenvalue weighted by Crippen LogP contribution is 2.70. The maximum Gasteiger partial charge on any atom is 0.306 e. The van der Waals surface area contributed by atoms with Crippen molar-refractivity contribution in [3.8, 4) is 0 Å². The number of Topliss-reactive ketones (excluding diaryl/α,β-unsaturated/α-hetero) is 1. The molecule has 8 heteroatoms. The largest absolute Gasteiger partial charge is 0.462 e. The van der Waals surface area contributed by atoms with Crippen LogP contribution in [0.2, 0.25) is 0 Å². The van der Waals surface area contributed by atoms with Gasteiger partial charge in [-0.1, -0.05) is 34.6 Å². The van der Waals surface area contributed by atoms with E-state index in [-0.39, 0.29) is 70.1 Å². The zero-order valence-corrected chi connectivity index (χ0v) is 37.6. The summed E-state index contributed by atoms with van der Waals surface area (Å²) in [5, 5.41) is 46.4. The first-order valence-corrected chi connectivity index (χ1v) is 25.2. The van der Waals surface area contributed by atoms with Crippen LogP contribution >= 0.6 is 0 Å². The summed E-state index contributed by atoms with van der Waals surface area (Å²) in [4.78, 5) is 30.5. The predicted molar refractivity (Wildman–Crippen MR) is 227 cm³/mol. The number of nitrogens with zero attached hydrogens (tertiary/aromatic N) is 1. The van der Waals surface area contributed by atoms with Crippen LogP contribution in [0.3, 0.4) is 0 Å². The summed E-state index contributed by atoms with van der Waals surface area (Å²) in [7, 11) is 0. The first kappa shape index (κ1) is 41.9. The first-order valence-electron chi connectivity index (χ1n) is 25.2. The van der Waals surface area contributed by atoms with Gasteiger partial charge in [-0.15, -0.1) is 0 Å². The minimum Gasteiger partial charge on any atom is -0.462 e. The van der Waals surface area contributed by atoms with Gasteiger partial charge in [-0.3, -0.25) is 14.5 Å². The second-order valence-electron chi connectivity index (χ2n) is 24.7. The number of carbonyl (C=O) groups excluding carboxylic acids is 2. The quantitative estimate of drug-likeness (QED) is 0.207. The molecule has 8 nitrogen and oxygen atoms in total. The molecule has 0 radical (unpaired) electrons. The zero-order valence-electron chi connectivity index (χ0n) is 37.6. The number of ketones is 1. The maximum atomic E-state index is 14.2. The van der Waals surface area contributed by atoms with Gasteiger partial charge in [0.25, 0.3) is 0 Å². The molecule has 59 heavy (non-hydrogen) atoms. The average Bonchev–Trinajstić information content (AvgIpc) is 3.75. The van der Waals surface area contributed by atoms with Gasteiger partial charge in [0.05, 0.1) is 23.9 Å². The first-order chi connectivity index (χ1) is 27.9. The molecule has 0 unspecified atom stereocenters. The highest BCUT2D eigenvalue weighted by molar-refractivity contribution is 5.83. The topological polar surface area (TPSA) is 128 Å². The van der Waals surface area contributed by atoms with Crippen LogP contribution in [0, 0.1) is 99.1 Å². The van der Waals surface area contributed by atoms with Gasteiger partial charge >= 0.3 is 5.97 Å². The third-order valence-corrected chi connectivity index (χ3v) is 22.4. The molecular weight excluding hydrogens is 739 g/mol. The molecular formula is C51H81NO7. The lowest BCUT2D eigenvalue weighted by molar-refractivity contribution is -0.207. The molecule has 2 aliphatic heterocycles. The Morgan fingerprint density at radius 2 is 1.54 bits per heavy atom. The molecule has 0 aromatic rings. The average molecular weight is 820 g/mol. The summed E-state index contributed by atoms with van der Waals surface area (Å²) in [6, 6.07) is 0.290. The molecule has 8 saturated carbocycles. The lowest BCUT2D eigenvalue weighted by atomic mass is 9.43. The SMILES string of the molecule is C[C@H]1CC[C@@H]2N(C1)C[C@H]1[C@@H]3C[C@H]4[C@@H](CC(=O)[C@H]5C[C@@H](OC(=O)CC[C@@H](C)[C@H]6CC[C@H]7[C@@H]8[C@H](O)C[C@@H]9C[C@H](O)CC[C@]9(C)[C@H]8C[C@H](O)[C@]67C)CC[C@@]54C)[C@@H]3CC[C@@H]1[C@]2(C)O. The monoisotopic (exact) mass is 820 g/mol. The molecule has 4 N–H and O–H groups in total. The van der Waals surface area contributed by atoms with Crippen molar-refractivity contribution in [2.24, 2.45) is 99.1 Å². The van der Waals surface area contributed by atoms with Gasteiger partial charge in [0.1, 0.15) is 11.9 Å². The normalized spacial score (nSPS) is 57.2. The van der Waals surface area contributed by atoms with E-state index >= 15 is 0 Å². The van der Waals surface area contributed by atoms with Crippen molar-refractivity contribution < 1.29 is 34.8 Å². The van der Waals surface area contributed by atoms with Gasteiger partial charge < -0.3 is 25.2 Å². The molecule has 23 atom stereocenters. The fraction of sp³-hybridized carbons (Fsp3) is 0.961. The number of aliphatic hydroxyl groups excluding tert-OH is 3. The van der Waals surface area contributed by atoms with E-state index < -0.39 is 11.7 Å². The molecule has 0 bridgehead atoms. The molecule has 10 rings (SSSR count). The number of aliphatic hydroxyl groups is 4. The van der Waals surface area contributed by atoms with Gasteiger partial charge in [-0.2, -0.15) is 0 Å². The Labute approximate surface area is 355 Å². The molecule has 332 valence electrons. The molecule has 10 fully saturated rings. The van der Waals surface area contributed by atoms with Crippen LogP contribution in [0.5, 0.6) is 0 Å². The maximum absolute atomic E-state index is 14.2. The van der Waals surface area contributed by atoms with E-state index in [0.29, 0.717) is 84.3 Å². The smallest absolute Gasteiger partial charge is 0.306 e. The molecule has 0 aromatic carbocycles. The number of rotatable bonds is 5. The molecule has 0 spiro atoms. The molecule has 2 heterocycles. The van der Waals surface area contributed by atoms with Gasteiger partial charge in [0.2, 0.25) is 0 Å². The van der Waals surface area contributed by atoms with Crippen LogP contribution in [-0.4, -0.2) is 86.2 Å². The third kappa shape index (κ3) is 6.32. The molecule has 0 aromatic heterocycles. The van der Waals surface area contributed by atoms with E-state index in [1.54, 1.807) is 0 Å². The summed E-state index contributed by atoms with van der Waals surface area (Å²) in [6.45, 7) is 16.1. The fourth-order valence-electron chi connectivity index (χ4n) is 19.4. The van der Waals surface area contributed by atoms with Crippen LogP contribution in [0.15, 0.2) is 0 Å². The number of fused-ring (bicyclic) bond motifs is 13. The van der Waals surface area contributed by atoms with Crippen molar-refractivity contribution >= 4 is 11.8 Å². The predicted octanol–water partition coefficient (Wildman–Crippen LogP) is 7.81. The van der Waals surface area contributed by atoms with Crippen LogP contribution in [0.25, 0.3) is 0 Å². The van der Waals surface area contributed by atoms with Gasteiger partial charge in [0, 0.05) is 37.9 Å². The van der Waals surface area contributed by atoms with Gasteiger partial charge in [-0.05, 0) is 203 Å². The van der Waals surface area contributed by atoms with Crippen molar-refractivity contribution in [3.63, 3.8) is 0 Å². The minimum atomic E-state index is -0.634. The number of hydrogen-bond donors (Lipinski definition) is 4. The molecule has 10 aliphatic rings. The van der Waals surface area contributed by atoms with E-state index in [4.69, 9.17) is 4.74 Å². The zero-order chi connectivity index (χ0) is 41.6. The van der Waals surface area contributed by atoms with E-state index in [9.17, 15) is 30.0 Å². The Morgan fingerprint density at radius 3 is 2.34 bits per heavy atom. The van der Waals surface area contributed by atoms with Crippen LogP contribution in [-0.2, 0) is 14.3 Å². The van der Waals surface area contributed by atoms with Gasteiger partial charge in [0.15, 0.2) is 0 Å². The van der Waals surface area contributed by atoms with Crippen LogP contribution in [0.4, 0.5) is 0 Å². The summed E-state index contributed by atoms with van der Waals surface area (Å²) in [5.41, 5.74) is -0.893. The summed E-state index contributed by atoms with van der Waals surface area (Å²) >= 11 is 0. The van der Waals surface area contributed by atoms with E-state index in [1.165, 1.54) is 12.8 Å². The third-order valence-electron chi connectivity index (χ3n) is 22.4. The molecule has 2 saturated heterocycles. The summed E-state index contributed by atoms with van der Waals surface area (Å²) < 4.78 is 6.29. The lowest BCUT2D eigenvalue weighted by Gasteiger charge is -2.63. The van der Waals surface area contributed by atoms with Crippen molar-refractivity contribution in [3.05, 3.63) is 0 Å². The lowest BCUT2D eigenvalue weighted by Crippen LogP contribution is -2.67. The Hall–Kier alpha value is -1.06. The Morgan fingerprint density at radius 1 is 0.780 bits per heavy atom. The highest BCUT2D eigenvalue weighted by Gasteiger charge is 2.67. The molecule has 8 aliphatic carbocycles. The van der Waals surface area contributed by atoms with Crippen molar-refractivity contribution in [1.29, 1.82) is 0 Å². The number of carbonyl (C=O) groups is 2. The van der Waals surface area contributed by atoms with Crippen molar-refractivity contribution in [2.75, 3.05) is 13.1 Å². The fourth-order valence-corrected chi connectivity index (χ4v) is 19.4. The van der Waals surface area contributed by atoms with Gasteiger partial charge in [-0.25, -0.2) is 0 Å².